The molecule has 212 valence electrons. The van der Waals surface area contributed by atoms with E-state index in [2.05, 4.69) is 71.8 Å². The molecule has 0 amide bonds. The van der Waals surface area contributed by atoms with E-state index in [0.29, 0.717) is 35.5 Å². The lowest BCUT2D eigenvalue weighted by molar-refractivity contribution is 0.444. The second-order valence-electron chi connectivity index (χ2n) is 11.0. The third-order valence-electron chi connectivity index (χ3n) is 8.51. The van der Waals surface area contributed by atoms with Crippen molar-refractivity contribution in [1.29, 1.82) is 0 Å². The van der Waals surface area contributed by atoms with Gasteiger partial charge in [-0.1, -0.05) is 25.0 Å². The average Bonchev–Trinajstić information content (AvgIpc) is 3.79. The Morgan fingerprint density at radius 1 is 1.10 bits per heavy atom. The SMILES string of the molecule is CCN(C#Cc1cc2cnc(Nc3ccc(C4CCNC4)cc3)nc2n(Cc2occc2C2CCCC2)c1=O)CC. The molecule has 0 radical (unpaired) electrons. The highest BCUT2D eigenvalue weighted by molar-refractivity contribution is 5.77. The van der Waals surface area contributed by atoms with Gasteiger partial charge in [-0.05, 0) is 92.8 Å². The van der Waals surface area contributed by atoms with Crippen LogP contribution in [0.5, 0.6) is 0 Å². The third kappa shape index (κ3) is 5.86. The lowest BCUT2D eigenvalue weighted by Gasteiger charge is -2.14. The number of pyridine rings is 1. The van der Waals surface area contributed by atoms with Gasteiger partial charge in [0, 0.05) is 42.9 Å². The van der Waals surface area contributed by atoms with Crippen LogP contribution < -0.4 is 16.2 Å². The van der Waals surface area contributed by atoms with Crippen molar-refractivity contribution in [3.63, 3.8) is 0 Å². The minimum Gasteiger partial charge on any atom is -0.467 e. The highest BCUT2D eigenvalue weighted by Gasteiger charge is 2.23. The Morgan fingerprint density at radius 3 is 2.63 bits per heavy atom. The van der Waals surface area contributed by atoms with Crippen LogP contribution in [-0.4, -0.2) is 45.6 Å². The zero-order chi connectivity index (χ0) is 28.2. The molecule has 4 aromatic rings. The Kier molecular flexibility index (Phi) is 8.06. The predicted molar refractivity (Wildman–Crippen MR) is 163 cm³/mol. The van der Waals surface area contributed by atoms with Gasteiger partial charge < -0.3 is 20.0 Å². The summed E-state index contributed by atoms with van der Waals surface area (Å²) in [4.78, 5) is 25.3. The van der Waals surface area contributed by atoms with Crippen LogP contribution in [0.1, 0.15) is 80.2 Å². The molecule has 1 saturated heterocycles. The summed E-state index contributed by atoms with van der Waals surface area (Å²) >= 11 is 0. The van der Waals surface area contributed by atoms with Crippen LogP contribution in [0.15, 0.2) is 58.1 Å². The van der Waals surface area contributed by atoms with Gasteiger partial charge in [-0.25, -0.2) is 4.98 Å². The van der Waals surface area contributed by atoms with Crippen LogP contribution in [0.25, 0.3) is 11.0 Å². The van der Waals surface area contributed by atoms with Gasteiger partial charge in [0.1, 0.15) is 11.4 Å². The average molecular weight is 551 g/mol. The zero-order valence-electron chi connectivity index (χ0n) is 23.9. The number of hydrogen-bond donors (Lipinski definition) is 2. The van der Waals surface area contributed by atoms with E-state index in [4.69, 9.17) is 9.40 Å². The van der Waals surface area contributed by atoms with E-state index in [0.717, 1.165) is 62.3 Å². The van der Waals surface area contributed by atoms with Crippen LogP contribution >= 0.6 is 0 Å². The van der Waals surface area contributed by atoms with Crippen LogP contribution in [0.4, 0.5) is 11.6 Å². The maximum absolute atomic E-state index is 13.9. The molecule has 1 unspecified atom stereocenters. The number of fused-ring (bicyclic) bond motifs is 1. The van der Waals surface area contributed by atoms with Crippen molar-refractivity contribution < 1.29 is 4.42 Å². The second kappa shape index (κ2) is 12.2. The summed E-state index contributed by atoms with van der Waals surface area (Å²) in [5, 5.41) is 7.52. The summed E-state index contributed by atoms with van der Waals surface area (Å²) in [5.74, 6) is 5.42. The topological polar surface area (TPSA) is 88.2 Å². The van der Waals surface area contributed by atoms with Gasteiger partial charge >= 0.3 is 0 Å². The largest absolute Gasteiger partial charge is 0.467 e. The molecule has 4 heterocycles. The molecule has 0 spiro atoms. The van der Waals surface area contributed by atoms with Crippen LogP contribution in [0.2, 0.25) is 0 Å². The van der Waals surface area contributed by atoms with Gasteiger partial charge in [-0.3, -0.25) is 9.36 Å². The van der Waals surface area contributed by atoms with Crippen molar-refractivity contribution in [2.75, 3.05) is 31.5 Å². The summed E-state index contributed by atoms with van der Waals surface area (Å²) < 4.78 is 7.67. The summed E-state index contributed by atoms with van der Waals surface area (Å²) in [7, 11) is 0. The van der Waals surface area contributed by atoms with Crippen molar-refractivity contribution in [3.8, 4) is 12.0 Å². The van der Waals surface area contributed by atoms with Crippen molar-refractivity contribution in [2.24, 2.45) is 0 Å². The first-order valence-electron chi connectivity index (χ1n) is 14.9. The van der Waals surface area contributed by atoms with E-state index >= 15 is 0 Å². The van der Waals surface area contributed by atoms with Crippen molar-refractivity contribution in [3.05, 3.63) is 81.7 Å². The fraction of sp³-hybridized carbons (Fsp3) is 0.424. The molecule has 2 fully saturated rings. The summed E-state index contributed by atoms with van der Waals surface area (Å²) in [6.45, 7) is 8.09. The molecule has 2 N–H and O–H groups in total. The predicted octanol–water partition coefficient (Wildman–Crippen LogP) is 5.56. The number of hydrogen-bond acceptors (Lipinski definition) is 7. The van der Waals surface area contributed by atoms with Gasteiger partial charge in [-0.15, -0.1) is 0 Å². The van der Waals surface area contributed by atoms with E-state index in [-0.39, 0.29) is 5.56 Å². The fourth-order valence-corrected chi connectivity index (χ4v) is 6.11. The number of anilines is 2. The van der Waals surface area contributed by atoms with E-state index in [1.807, 2.05) is 4.90 Å². The number of aromatic nitrogens is 3. The van der Waals surface area contributed by atoms with E-state index in [1.165, 1.54) is 24.0 Å². The van der Waals surface area contributed by atoms with Crippen molar-refractivity contribution in [2.45, 2.75) is 64.3 Å². The molecule has 1 aliphatic heterocycles. The monoisotopic (exact) mass is 550 g/mol. The molecule has 8 nitrogen and oxygen atoms in total. The molecule has 6 rings (SSSR count). The lowest BCUT2D eigenvalue weighted by Crippen LogP contribution is -2.25. The Morgan fingerprint density at radius 2 is 1.90 bits per heavy atom. The molecule has 2 aliphatic rings. The van der Waals surface area contributed by atoms with Gasteiger partial charge in [0.25, 0.3) is 5.56 Å². The zero-order valence-corrected chi connectivity index (χ0v) is 23.9. The number of nitrogens with zero attached hydrogens (tertiary/aromatic N) is 4. The summed E-state index contributed by atoms with van der Waals surface area (Å²) in [6.07, 6.45) is 9.45. The standard InChI is InChI=1S/C33H38N6O2/c1-3-38(4-2)17-14-25-19-27-21-35-33(36-28-11-9-23(10-12-28)26-13-16-34-20-26)37-31(27)39(32(25)40)22-30-29(15-18-41-30)24-7-5-6-8-24/h9-12,15,18-19,21,24,26,34H,3-8,13,16,20,22H2,1-2H3,(H,35,36,37). The number of furan rings is 1. The maximum Gasteiger partial charge on any atom is 0.268 e. The lowest BCUT2D eigenvalue weighted by atomic mass is 9.98. The highest BCUT2D eigenvalue weighted by atomic mass is 16.3. The Hall–Kier alpha value is -4.09. The molecule has 1 aromatic carbocycles. The highest BCUT2D eigenvalue weighted by Crippen LogP contribution is 2.36. The van der Waals surface area contributed by atoms with Gasteiger partial charge in [0.05, 0.1) is 18.4 Å². The van der Waals surface area contributed by atoms with Crippen LogP contribution in [0.3, 0.4) is 0 Å². The van der Waals surface area contributed by atoms with Gasteiger partial charge in [0.2, 0.25) is 5.95 Å². The molecular formula is C33H38N6O2. The molecule has 3 aromatic heterocycles. The number of rotatable bonds is 8. The molecule has 0 bridgehead atoms. The second-order valence-corrected chi connectivity index (χ2v) is 11.0. The summed E-state index contributed by atoms with van der Waals surface area (Å²) in [5.41, 5.74) is 4.26. The van der Waals surface area contributed by atoms with Crippen LogP contribution in [0, 0.1) is 12.0 Å². The smallest absolute Gasteiger partial charge is 0.268 e. The first-order valence-corrected chi connectivity index (χ1v) is 14.9. The molecule has 1 saturated carbocycles. The minimum atomic E-state index is -0.176. The molecule has 1 aliphatic carbocycles. The number of benzene rings is 1. The minimum absolute atomic E-state index is 0.176. The molecule has 1 atom stereocenters. The van der Waals surface area contributed by atoms with Crippen LogP contribution in [-0.2, 0) is 6.54 Å². The Bertz CT molecular complexity index is 1610. The normalized spacial score (nSPS) is 17.1. The van der Waals surface area contributed by atoms with Gasteiger partial charge in [-0.2, -0.15) is 4.98 Å². The Labute approximate surface area is 241 Å². The van der Waals surface area contributed by atoms with Crippen molar-refractivity contribution >= 4 is 22.7 Å². The summed E-state index contributed by atoms with van der Waals surface area (Å²) in [6, 6.07) is 15.5. The Balaban J connectivity index is 1.37. The first kappa shape index (κ1) is 27.1. The molecular weight excluding hydrogens is 512 g/mol. The third-order valence-corrected chi connectivity index (χ3v) is 8.51. The number of nitrogens with one attached hydrogen (secondary N) is 2. The quantitative estimate of drug-likeness (QED) is 0.219. The van der Waals surface area contributed by atoms with E-state index < -0.39 is 0 Å². The van der Waals surface area contributed by atoms with Crippen molar-refractivity contribution in [1.82, 2.24) is 24.8 Å². The van der Waals surface area contributed by atoms with E-state index in [1.54, 1.807) is 23.1 Å². The maximum atomic E-state index is 13.9. The fourth-order valence-electron chi connectivity index (χ4n) is 6.11. The molecule has 41 heavy (non-hydrogen) atoms. The van der Waals surface area contributed by atoms with E-state index in [9.17, 15) is 4.79 Å². The first-order chi connectivity index (χ1) is 20.1. The van der Waals surface area contributed by atoms with Gasteiger partial charge in [0.15, 0.2) is 0 Å². The molecule has 8 heteroatoms.